The molecule has 0 fully saturated rings. The molecule has 1 rings (SSSR count). The minimum absolute atomic E-state index is 0.0899. The van der Waals surface area contributed by atoms with Gasteiger partial charge in [0.25, 0.3) is 0 Å². The zero-order valence-electron chi connectivity index (χ0n) is 6.62. The van der Waals surface area contributed by atoms with Gasteiger partial charge in [-0.1, -0.05) is 24.1 Å². The zero-order chi connectivity index (χ0) is 8.97. The summed E-state index contributed by atoms with van der Waals surface area (Å²) in [4.78, 5) is 0. The predicted molar refractivity (Wildman–Crippen MR) is 46.2 cm³/mol. The second-order valence-corrected chi connectivity index (χ2v) is 2.41. The quantitative estimate of drug-likeness (QED) is 0.627. The van der Waals surface area contributed by atoms with Gasteiger partial charge in [0, 0.05) is 5.56 Å². The molecule has 0 aromatic heterocycles. The lowest BCUT2D eigenvalue weighted by atomic mass is 10.0. The molecule has 0 heterocycles. The molecule has 0 saturated heterocycles. The van der Waals surface area contributed by atoms with Crippen molar-refractivity contribution < 1.29 is 10.2 Å². The predicted octanol–water partition coefficient (Wildman–Crippen LogP) is 0.652. The third-order valence-electron chi connectivity index (χ3n) is 1.72. The fourth-order valence-corrected chi connectivity index (χ4v) is 1.10. The maximum absolute atomic E-state index is 8.89. The SMILES string of the molecule is C#Cc1c(CO)cccc1CO. The summed E-state index contributed by atoms with van der Waals surface area (Å²) >= 11 is 0. The van der Waals surface area contributed by atoms with Crippen LogP contribution in [0.5, 0.6) is 0 Å². The van der Waals surface area contributed by atoms with Gasteiger partial charge < -0.3 is 10.2 Å². The number of aliphatic hydroxyl groups is 2. The Morgan fingerprint density at radius 1 is 1.17 bits per heavy atom. The van der Waals surface area contributed by atoms with Crippen LogP contribution in [-0.4, -0.2) is 10.2 Å². The number of rotatable bonds is 2. The summed E-state index contributed by atoms with van der Waals surface area (Å²) in [5.41, 5.74) is 1.97. The molecule has 0 atom stereocenters. The molecule has 0 aliphatic rings. The monoisotopic (exact) mass is 162 g/mol. The van der Waals surface area contributed by atoms with Crippen molar-refractivity contribution in [3.8, 4) is 12.3 Å². The Morgan fingerprint density at radius 2 is 1.67 bits per heavy atom. The molecule has 0 saturated carbocycles. The van der Waals surface area contributed by atoms with Crippen molar-refractivity contribution in [2.75, 3.05) is 0 Å². The van der Waals surface area contributed by atoms with E-state index in [0.29, 0.717) is 16.7 Å². The van der Waals surface area contributed by atoms with Crippen LogP contribution in [0.1, 0.15) is 16.7 Å². The Kier molecular flexibility index (Phi) is 2.87. The van der Waals surface area contributed by atoms with E-state index in [9.17, 15) is 0 Å². The highest BCUT2D eigenvalue weighted by Gasteiger charge is 2.03. The van der Waals surface area contributed by atoms with Crippen LogP contribution < -0.4 is 0 Å². The van der Waals surface area contributed by atoms with Crippen molar-refractivity contribution in [3.05, 3.63) is 34.9 Å². The molecule has 0 spiro atoms. The summed E-state index contributed by atoms with van der Waals surface area (Å²) in [6.07, 6.45) is 5.23. The van der Waals surface area contributed by atoms with Gasteiger partial charge in [-0.3, -0.25) is 0 Å². The average molecular weight is 162 g/mol. The van der Waals surface area contributed by atoms with E-state index in [1.807, 2.05) is 0 Å². The van der Waals surface area contributed by atoms with E-state index >= 15 is 0 Å². The maximum atomic E-state index is 8.89. The maximum Gasteiger partial charge on any atom is 0.0694 e. The highest BCUT2D eigenvalue weighted by molar-refractivity contribution is 5.45. The van der Waals surface area contributed by atoms with Crippen LogP contribution in [0.25, 0.3) is 0 Å². The fourth-order valence-electron chi connectivity index (χ4n) is 1.10. The Hall–Kier alpha value is -1.30. The average Bonchev–Trinajstić information content (AvgIpc) is 2.16. The van der Waals surface area contributed by atoms with E-state index < -0.39 is 0 Å². The van der Waals surface area contributed by atoms with Gasteiger partial charge >= 0.3 is 0 Å². The van der Waals surface area contributed by atoms with Crippen LogP contribution in [0.4, 0.5) is 0 Å². The van der Waals surface area contributed by atoms with Crippen LogP contribution >= 0.6 is 0 Å². The Morgan fingerprint density at radius 3 is 2.00 bits per heavy atom. The van der Waals surface area contributed by atoms with Crippen molar-refractivity contribution in [3.63, 3.8) is 0 Å². The fraction of sp³-hybridized carbons (Fsp3) is 0.200. The van der Waals surface area contributed by atoms with Crippen molar-refractivity contribution in [2.45, 2.75) is 13.2 Å². The first-order valence-electron chi connectivity index (χ1n) is 3.62. The first-order chi connectivity index (χ1) is 5.83. The third-order valence-corrected chi connectivity index (χ3v) is 1.72. The van der Waals surface area contributed by atoms with Gasteiger partial charge in [-0.25, -0.2) is 0 Å². The standard InChI is InChI=1S/C10H10O2/c1-2-10-8(6-11)4-3-5-9(10)7-12/h1,3-5,11-12H,6-7H2. The number of aliphatic hydroxyl groups excluding tert-OH is 2. The van der Waals surface area contributed by atoms with E-state index in [0.717, 1.165) is 0 Å². The molecule has 2 nitrogen and oxygen atoms in total. The first kappa shape index (κ1) is 8.79. The highest BCUT2D eigenvalue weighted by atomic mass is 16.3. The van der Waals surface area contributed by atoms with Gasteiger partial charge in [0.2, 0.25) is 0 Å². The summed E-state index contributed by atoms with van der Waals surface area (Å²) in [6.45, 7) is -0.180. The van der Waals surface area contributed by atoms with E-state index in [4.69, 9.17) is 16.6 Å². The lowest BCUT2D eigenvalue weighted by Crippen LogP contribution is -1.95. The minimum atomic E-state index is -0.0899. The molecule has 0 radical (unpaired) electrons. The molecular formula is C10H10O2. The summed E-state index contributed by atoms with van der Waals surface area (Å²) in [6, 6.07) is 5.25. The molecule has 0 unspecified atom stereocenters. The van der Waals surface area contributed by atoms with Crippen LogP contribution in [0.3, 0.4) is 0 Å². The summed E-state index contributed by atoms with van der Waals surface area (Å²) in [5.74, 6) is 2.45. The highest BCUT2D eigenvalue weighted by Crippen LogP contribution is 2.13. The van der Waals surface area contributed by atoms with Gasteiger partial charge in [-0.15, -0.1) is 6.42 Å². The zero-order valence-corrected chi connectivity index (χ0v) is 6.62. The largest absolute Gasteiger partial charge is 0.392 e. The van der Waals surface area contributed by atoms with Crippen molar-refractivity contribution in [1.29, 1.82) is 0 Å². The number of hydrogen-bond acceptors (Lipinski definition) is 2. The molecule has 0 aliphatic heterocycles. The van der Waals surface area contributed by atoms with Crippen LogP contribution in [0, 0.1) is 12.3 Å². The molecule has 62 valence electrons. The topological polar surface area (TPSA) is 40.5 Å². The summed E-state index contributed by atoms with van der Waals surface area (Å²) in [7, 11) is 0. The Balaban J connectivity index is 3.25. The van der Waals surface area contributed by atoms with Crippen molar-refractivity contribution >= 4 is 0 Å². The molecule has 0 amide bonds. The lowest BCUT2D eigenvalue weighted by molar-refractivity contribution is 0.275. The second-order valence-electron chi connectivity index (χ2n) is 2.41. The summed E-state index contributed by atoms with van der Waals surface area (Å²) < 4.78 is 0. The van der Waals surface area contributed by atoms with E-state index in [2.05, 4.69) is 5.92 Å². The molecular weight excluding hydrogens is 152 g/mol. The Labute approximate surface area is 71.5 Å². The minimum Gasteiger partial charge on any atom is -0.392 e. The number of benzene rings is 1. The molecule has 0 bridgehead atoms. The number of hydrogen-bond donors (Lipinski definition) is 2. The van der Waals surface area contributed by atoms with Gasteiger partial charge in [0.1, 0.15) is 0 Å². The second kappa shape index (κ2) is 3.91. The molecule has 0 aliphatic carbocycles. The van der Waals surface area contributed by atoms with Gasteiger partial charge in [0.15, 0.2) is 0 Å². The molecule has 1 aromatic rings. The van der Waals surface area contributed by atoms with E-state index in [1.54, 1.807) is 18.2 Å². The molecule has 2 heteroatoms. The molecule has 2 N–H and O–H groups in total. The van der Waals surface area contributed by atoms with E-state index in [1.165, 1.54) is 0 Å². The van der Waals surface area contributed by atoms with Crippen LogP contribution in [-0.2, 0) is 13.2 Å². The Bertz CT molecular complexity index is 288. The first-order valence-corrected chi connectivity index (χ1v) is 3.62. The summed E-state index contributed by atoms with van der Waals surface area (Å²) in [5, 5.41) is 17.8. The third kappa shape index (κ3) is 1.48. The molecule has 12 heavy (non-hydrogen) atoms. The van der Waals surface area contributed by atoms with Crippen molar-refractivity contribution in [2.24, 2.45) is 0 Å². The van der Waals surface area contributed by atoms with Crippen molar-refractivity contribution in [1.82, 2.24) is 0 Å². The smallest absolute Gasteiger partial charge is 0.0694 e. The van der Waals surface area contributed by atoms with Gasteiger partial charge in [0.05, 0.1) is 13.2 Å². The lowest BCUT2D eigenvalue weighted by Gasteiger charge is -2.05. The van der Waals surface area contributed by atoms with E-state index in [-0.39, 0.29) is 13.2 Å². The van der Waals surface area contributed by atoms with Crippen LogP contribution in [0.15, 0.2) is 18.2 Å². The van der Waals surface area contributed by atoms with Gasteiger partial charge in [-0.05, 0) is 11.1 Å². The van der Waals surface area contributed by atoms with Gasteiger partial charge in [-0.2, -0.15) is 0 Å². The normalized spacial score (nSPS) is 9.42. The number of terminal acetylenes is 1. The van der Waals surface area contributed by atoms with Crippen LogP contribution in [0.2, 0.25) is 0 Å². The molecule has 1 aromatic carbocycles.